The van der Waals surface area contributed by atoms with Gasteiger partial charge in [-0.2, -0.15) is 0 Å². The number of Topliss-reactive ketones (excluding diaryl/α,β-unsaturated/α-hetero) is 2. The molecule has 6 heteroatoms. The number of hydrogen-bond acceptors (Lipinski definition) is 5. The van der Waals surface area contributed by atoms with Crippen LogP contribution >= 0.6 is 0 Å². The SMILES string of the molecule is Cc1ccc(C)c(NC(=O)COc2cccc(C3C4=C(CCCC4=O)N(C)C4=C3C(=O)CCC4)c2)c1. The van der Waals surface area contributed by atoms with E-state index in [0.717, 1.165) is 70.6 Å². The Morgan fingerprint density at radius 1 is 0.944 bits per heavy atom. The highest BCUT2D eigenvalue weighted by molar-refractivity contribution is 6.06. The molecule has 1 N–H and O–H groups in total. The molecule has 0 aromatic heterocycles. The van der Waals surface area contributed by atoms with Crippen LogP contribution in [0.2, 0.25) is 0 Å². The number of rotatable bonds is 5. The van der Waals surface area contributed by atoms with Gasteiger partial charge < -0.3 is 15.0 Å². The van der Waals surface area contributed by atoms with E-state index < -0.39 is 0 Å². The molecule has 0 bridgehead atoms. The number of amides is 1. The molecular weight excluding hydrogens is 452 g/mol. The van der Waals surface area contributed by atoms with Crippen LogP contribution in [0, 0.1) is 13.8 Å². The zero-order chi connectivity index (χ0) is 25.4. The van der Waals surface area contributed by atoms with Crippen LogP contribution in [0.25, 0.3) is 0 Å². The maximum atomic E-state index is 13.2. The molecule has 36 heavy (non-hydrogen) atoms. The summed E-state index contributed by atoms with van der Waals surface area (Å²) >= 11 is 0. The van der Waals surface area contributed by atoms with Crippen LogP contribution in [-0.4, -0.2) is 36.0 Å². The van der Waals surface area contributed by atoms with Crippen molar-refractivity contribution in [1.82, 2.24) is 4.90 Å². The van der Waals surface area contributed by atoms with Crippen molar-refractivity contribution in [3.8, 4) is 5.75 Å². The molecule has 0 unspecified atom stereocenters. The molecule has 2 aliphatic carbocycles. The standard InChI is InChI=1S/C30H32N2O4/c1-18-13-14-19(2)22(15-18)31-27(35)17-36-21-8-4-7-20(16-21)28-29-23(9-5-11-25(29)33)32(3)24-10-6-12-26(34)30(24)28/h4,7-8,13-16,28H,5-6,9-12,17H2,1-3H3,(H,31,35). The monoisotopic (exact) mass is 484 g/mol. The van der Waals surface area contributed by atoms with Crippen LogP contribution in [-0.2, 0) is 14.4 Å². The van der Waals surface area contributed by atoms with Crippen molar-refractivity contribution in [2.45, 2.75) is 58.3 Å². The van der Waals surface area contributed by atoms with Gasteiger partial charge in [-0.15, -0.1) is 0 Å². The topological polar surface area (TPSA) is 75.7 Å². The van der Waals surface area contributed by atoms with Gasteiger partial charge in [-0.3, -0.25) is 14.4 Å². The number of nitrogens with zero attached hydrogens (tertiary/aromatic N) is 1. The Hall–Kier alpha value is -3.67. The number of benzene rings is 2. The lowest BCUT2D eigenvalue weighted by Crippen LogP contribution is -2.37. The number of ether oxygens (including phenoxy) is 1. The zero-order valence-electron chi connectivity index (χ0n) is 21.1. The Labute approximate surface area is 212 Å². The maximum absolute atomic E-state index is 13.2. The third-order valence-corrected chi connectivity index (χ3v) is 7.47. The van der Waals surface area contributed by atoms with Crippen molar-refractivity contribution in [2.24, 2.45) is 0 Å². The fourth-order valence-corrected chi connectivity index (χ4v) is 5.68. The molecule has 0 fully saturated rings. The second-order valence-electron chi connectivity index (χ2n) is 9.99. The van der Waals surface area contributed by atoms with Gasteiger partial charge in [0.05, 0.1) is 0 Å². The highest BCUT2D eigenvalue weighted by atomic mass is 16.5. The predicted octanol–water partition coefficient (Wildman–Crippen LogP) is 5.36. The van der Waals surface area contributed by atoms with Gasteiger partial charge >= 0.3 is 0 Å². The van der Waals surface area contributed by atoms with Crippen molar-refractivity contribution in [2.75, 3.05) is 19.0 Å². The van der Waals surface area contributed by atoms with Gasteiger partial charge in [-0.1, -0.05) is 24.3 Å². The average Bonchev–Trinajstić information content (AvgIpc) is 2.86. The minimum atomic E-state index is -0.376. The maximum Gasteiger partial charge on any atom is 0.262 e. The number of allylic oxidation sites excluding steroid dienone is 4. The number of nitrogens with one attached hydrogen (secondary N) is 1. The van der Waals surface area contributed by atoms with E-state index in [1.165, 1.54) is 0 Å². The van der Waals surface area contributed by atoms with Crippen molar-refractivity contribution in [1.29, 1.82) is 0 Å². The number of carbonyl (C=O) groups is 3. The molecule has 2 aromatic rings. The van der Waals surface area contributed by atoms with Gasteiger partial charge in [0.1, 0.15) is 5.75 Å². The largest absolute Gasteiger partial charge is 0.484 e. The second kappa shape index (κ2) is 9.76. The summed E-state index contributed by atoms with van der Waals surface area (Å²) in [6.07, 6.45) is 4.37. The molecule has 1 aliphatic heterocycles. The van der Waals surface area contributed by atoms with Crippen molar-refractivity contribution >= 4 is 23.2 Å². The Bertz CT molecular complexity index is 1280. The van der Waals surface area contributed by atoms with Crippen LogP contribution < -0.4 is 10.1 Å². The normalized spacial score (nSPS) is 18.2. The van der Waals surface area contributed by atoms with E-state index in [9.17, 15) is 14.4 Å². The van der Waals surface area contributed by atoms with Gasteiger partial charge in [0.25, 0.3) is 5.91 Å². The average molecular weight is 485 g/mol. The molecule has 0 saturated carbocycles. The van der Waals surface area contributed by atoms with E-state index in [0.29, 0.717) is 18.6 Å². The summed E-state index contributed by atoms with van der Waals surface area (Å²) in [5, 5.41) is 2.92. The third kappa shape index (κ3) is 4.48. The summed E-state index contributed by atoms with van der Waals surface area (Å²) in [4.78, 5) is 41.0. The quantitative estimate of drug-likeness (QED) is 0.618. The molecule has 2 aromatic carbocycles. The summed E-state index contributed by atoms with van der Waals surface area (Å²) < 4.78 is 5.86. The van der Waals surface area contributed by atoms with Gasteiger partial charge in [0, 0.05) is 54.0 Å². The second-order valence-corrected chi connectivity index (χ2v) is 9.99. The first-order valence-electron chi connectivity index (χ1n) is 12.7. The molecule has 186 valence electrons. The van der Waals surface area contributed by atoms with E-state index in [1.54, 1.807) is 6.07 Å². The molecule has 6 nitrogen and oxygen atoms in total. The molecule has 0 radical (unpaired) electrons. The van der Waals surface area contributed by atoms with Crippen molar-refractivity contribution < 1.29 is 19.1 Å². The van der Waals surface area contributed by atoms with E-state index in [1.807, 2.05) is 57.3 Å². The van der Waals surface area contributed by atoms with Gasteiger partial charge in [0.2, 0.25) is 0 Å². The van der Waals surface area contributed by atoms with Crippen LogP contribution in [0.15, 0.2) is 65.0 Å². The lowest BCUT2D eigenvalue weighted by molar-refractivity contribution is -0.118. The molecule has 5 rings (SSSR count). The lowest BCUT2D eigenvalue weighted by Gasteiger charge is -2.42. The van der Waals surface area contributed by atoms with Gasteiger partial charge in [-0.25, -0.2) is 0 Å². The summed E-state index contributed by atoms with van der Waals surface area (Å²) in [5.41, 5.74) is 7.29. The highest BCUT2D eigenvalue weighted by Crippen LogP contribution is 2.48. The fraction of sp³-hybridized carbons (Fsp3) is 0.367. The van der Waals surface area contributed by atoms with Crippen molar-refractivity contribution in [3.63, 3.8) is 0 Å². The smallest absolute Gasteiger partial charge is 0.262 e. The number of aryl methyl sites for hydroxylation is 2. The van der Waals surface area contributed by atoms with Crippen molar-refractivity contribution in [3.05, 3.63) is 81.7 Å². The Morgan fingerprint density at radius 3 is 2.28 bits per heavy atom. The molecule has 1 amide bonds. The Morgan fingerprint density at radius 2 is 1.61 bits per heavy atom. The summed E-state index contributed by atoms with van der Waals surface area (Å²) in [7, 11) is 1.99. The minimum absolute atomic E-state index is 0.122. The third-order valence-electron chi connectivity index (χ3n) is 7.47. The highest BCUT2D eigenvalue weighted by Gasteiger charge is 2.42. The van der Waals surface area contributed by atoms with Crippen LogP contribution in [0.5, 0.6) is 5.75 Å². The summed E-state index contributed by atoms with van der Waals surface area (Å²) in [5.74, 6) is 0.167. The molecule has 1 heterocycles. The predicted molar refractivity (Wildman–Crippen MR) is 139 cm³/mol. The number of carbonyl (C=O) groups excluding carboxylic acids is 3. The number of hydrogen-bond donors (Lipinski definition) is 1. The van der Waals surface area contributed by atoms with E-state index in [-0.39, 0.29) is 30.0 Å². The van der Waals surface area contributed by atoms with E-state index in [4.69, 9.17) is 4.74 Å². The first-order valence-corrected chi connectivity index (χ1v) is 12.7. The van der Waals surface area contributed by atoms with Crippen LogP contribution in [0.4, 0.5) is 5.69 Å². The molecule has 0 atom stereocenters. The van der Waals surface area contributed by atoms with Crippen LogP contribution in [0.3, 0.4) is 0 Å². The molecule has 0 spiro atoms. The molecule has 3 aliphatic rings. The molecular formula is C30H32N2O4. The number of ketones is 2. The van der Waals surface area contributed by atoms with Gasteiger partial charge in [-0.05, 0) is 74.4 Å². The first kappa shape index (κ1) is 24.0. The summed E-state index contributed by atoms with van der Waals surface area (Å²) in [6.45, 7) is 3.80. The van der Waals surface area contributed by atoms with Crippen LogP contribution in [0.1, 0.15) is 61.1 Å². The van der Waals surface area contributed by atoms with E-state index in [2.05, 4.69) is 10.2 Å². The Kier molecular flexibility index (Phi) is 6.52. The minimum Gasteiger partial charge on any atom is -0.484 e. The van der Waals surface area contributed by atoms with E-state index >= 15 is 0 Å². The first-order chi connectivity index (χ1) is 17.3. The number of anilines is 1. The lowest BCUT2D eigenvalue weighted by atomic mass is 9.71. The zero-order valence-corrected chi connectivity index (χ0v) is 21.1. The summed E-state index contributed by atoms with van der Waals surface area (Å²) in [6, 6.07) is 13.4. The fourth-order valence-electron chi connectivity index (χ4n) is 5.68. The van der Waals surface area contributed by atoms with Gasteiger partial charge in [0.15, 0.2) is 18.2 Å². The Balaban J connectivity index is 1.42. The molecule has 0 saturated heterocycles.